The van der Waals surface area contributed by atoms with Crippen molar-refractivity contribution in [2.45, 2.75) is 4.90 Å². The number of aromatic nitrogens is 1. The molecule has 0 spiro atoms. The molecule has 0 bridgehead atoms. The fourth-order valence-electron chi connectivity index (χ4n) is 1.89. The number of furan rings is 1. The van der Waals surface area contributed by atoms with Gasteiger partial charge < -0.3 is 14.5 Å². The summed E-state index contributed by atoms with van der Waals surface area (Å²) < 4.78 is 31.9. The first-order valence-electron chi connectivity index (χ1n) is 5.87. The van der Waals surface area contributed by atoms with Gasteiger partial charge in [0.05, 0.1) is 12.0 Å². The summed E-state index contributed by atoms with van der Waals surface area (Å²) in [6.07, 6.45) is 2.63. The van der Waals surface area contributed by atoms with Crippen molar-refractivity contribution in [3.05, 3.63) is 48.5 Å². The molecule has 7 nitrogen and oxygen atoms in total. The predicted molar refractivity (Wildman–Crippen MR) is 74.8 cm³/mol. The van der Waals surface area contributed by atoms with Crippen LogP contribution in [0.4, 0.5) is 5.69 Å². The molecule has 0 atom stereocenters. The van der Waals surface area contributed by atoms with E-state index in [9.17, 15) is 13.2 Å². The average Bonchev–Trinajstić information content (AvgIpc) is 3.07. The van der Waals surface area contributed by atoms with Crippen molar-refractivity contribution >= 4 is 32.6 Å². The van der Waals surface area contributed by atoms with E-state index in [4.69, 9.17) is 9.52 Å². The summed E-state index contributed by atoms with van der Waals surface area (Å²) in [5, 5.41) is 9.64. The second-order valence-corrected chi connectivity index (χ2v) is 6.02. The molecule has 3 N–H and O–H groups in total. The van der Waals surface area contributed by atoms with Crippen LogP contribution in [0.2, 0.25) is 0 Å². The van der Waals surface area contributed by atoms with Crippen LogP contribution in [0.3, 0.4) is 0 Å². The van der Waals surface area contributed by atoms with Gasteiger partial charge in [-0.15, -0.1) is 0 Å². The van der Waals surface area contributed by atoms with E-state index in [0.717, 1.165) is 17.6 Å². The Morgan fingerprint density at radius 3 is 2.76 bits per heavy atom. The zero-order valence-electron chi connectivity index (χ0n) is 10.5. The molecule has 0 amide bonds. The number of carboxylic acid groups (broad SMARTS) is 1. The normalized spacial score (nSPS) is 11.6. The third-order valence-electron chi connectivity index (χ3n) is 2.91. The summed E-state index contributed by atoms with van der Waals surface area (Å²) in [5.74, 6) is -1.23. The summed E-state index contributed by atoms with van der Waals surface area (Å²) in [5.41, 5.74) is 0.683. The molecule has 0 saturated heterocycles. The van der Waals surface area contributed by atoms with Gasteiger partial charge in [0, 0.05) is 17.6 Å². The van der Waals surface area contributed by atoms with Gasteiger partial charge in [0.2, 0.25) is 0 Å². The van der Waals surface area contributed by atoms with Crippen molar-refractivity contribution in [3.63, 3.8) is 0 Å². The minimum Gasteiger partial charge on any atom is -0.477 e. The number of anilines is 1. The molecule has 0 aliphatic carbocycles. The monoisotopic (exact) mass is 306 g/mol. The van der Waals surface area contributed by atoms with Crippen molar-refractivity contribution < 1.29 is 22.7 Å². The van der Waals surface area contributed by atoms with Gasteiger partial charge in [0.1, 0.15) is 16.2 Å². The lowest BCUT2D eigenvalue weighted by Crippen LogP contribution is -2.12. The number of hydrogen-bond donors (Lipinski definition) is 3. The van der Waals surface area contributed by atoms with Crippen molar-refractivity contribution in [2.75, 3.05) is 4.72 Å². The molecule has 21 heavy (non-hydrogen) atoms. The molecule has 3 rings (SSSR count). The van der Waals surface area contributed by atoms with Crippen LogP contribution in [0.25, 0.3) is 11.0 Å². The Kier molecular flexibility index (Phi) is 2.95. The van der Waals surface area contributed by atoms with Gasteiger partial charge in [-0.25, -0.2) is 13.2 Å². The topological polar surface area (TPSA) is 112 Å². The zero-order valence-corrected chi connectivity index (χ0v) is 11.3. The van der Waals surface area contributed by atoms with Crippen LogP contribution in [0.5, 0.6) is 0 Å². The van der Waals surface area contributed by atoms with Gasteiger partial charge in [-0.05, 0) is 24.3 Å². The number of carbonyl (C=O) groups is 1. The Balaban J connectivity index is 1.92. The van der Waals surface area contributed by atoms with Crippen molar-refractivity contribution in [1.29, 1.82) is 0 Å². The smallest absolute Gasteiger partial charge is 0.352 e. The lowest BCUT2D eigenvalue weighted by atomic mass is 10.2. The number of benzene rings is 1. The Morgan fingerprint density at radius 1 is 1.24 bits per heavy atom. The van der Waals surface area contributed by atoms with Gasteiger partial charge in [0.15, 0.2) is 0 Å². The zero-order chi connectivity index (χ0) is 15.0. The number of H-pyrrole nitrogens is 1. The second kappa shape index (κ2) is 4.67. The number of sulfonamides is 1. The Labute approximate surface area is 119 Å². The summed E-state index contributed by atoms with van der Waals surface area (Å²) in [6.45, 7) is 0. The summed E-state index contributed by atoms with van der Waals surface area (Å²) in [4.78, 5) is 13.0. The highest BCUT2D eigenvalue weighted by Gasteiger charge is 2.18. The van der Waals surface area contributed by atoms with Crippen LogP contribution >= 0.6 is 0 Å². The first-order valence-corrected chi connectivity index (χ1v) is 7.36. The molecule has 0 unspecified atom stereocenters. The molecular formula is C13H10N2O5S. The van der Waals surface area contributed by atoms with Gasteiger partial charge in [-0.3, -0.25) is 4.72 Å². The highest BCUT2D eigenvalue weighted by Crippen LogP contribution is 2.22. The predicted octanol–water partition coefficient (Wildman–Crippen LogP) is 2.26. The number of hydrogen-bond acceptors (Lipinski definition) is 4. The Hall–Kier alpha value is -2.74. The molecule has 0 aliphatic heterocycles. The summed E-state index contributed by atoms with van der Waals surface area (Å²) >= 11 is 0. The van der Waals surface area contributed by atoms with Gasteiger partial charge in [0.25, 0.3) is 10.0 Å². The van der Waals surface area contributed by atoms with E-state index in [1.807, 2.05) is 0 Å². The quantitative estimate of drug-likeness (QED) is 0.684. The van der Waals surface area contributed by atoms with E-state index in [1.165, 1.54) is 6.26 Å². The number of aromatic amines is 1. The van der Waals surface area contributed by atoms with E-state index in [-0.39, 0.29) is 10.6 Å². The third-order valence-corrected chi connectivity index (χ3v) is 4.27. The van der Waals surface area contributed by atoms with E-state index in [1.54, 1.807) is 24.3 Å². The Morgan fingerprint density at radius 2 is 2.05 bits per heavy atom. The first-order chi connectivity index (χ1) is 9.95. The van der Waals surface area contributed by atoms with E-state index in [2.05, 4.69) is 9.71 Å². The van der Waals surface area contributed by atoms with Crippen LogP contribution in [-0.2, 0) is 10.0 Å². The first kappa shape index (κ1) is 13.3. The van der Waals surface area contributed by atoms with E-state index >= 15 is 0 Å². The molecule has 1 aromatic carbocycles. The van der Waals surface area contributed by atoms with Crippen LogP contribution < -0.4 is 4.72 Å². The molecule has 2 aromatic heterocycles. The summed E-state index contributed by atoms with van der Waals surface area (Å²) in [6, 6.07) is 7.68. The maximum atomic E-state index is 12.2. The van der Waals surface area contributed by atoms with Gasteiger partial charge >= 0.3 is 5.97 Å². The number of aromatic carboxylic acids is 1. The lowest BCUT2D eigenvalue weighted by Gasteiger charge is -2.05. The molecule has 0 fully saturated rings. The lowest BCUT2D eigenvalue weighted by molar-refractivity contribution is 0.0691. The minimum atomic E-state index is -3.86. The van der Waals surface area contributed by atoms with Gasteiger partial charge in [-0.1, -0.05) is 0 Å². The fourth-order valence-corrected chi connectivity index (χ4v) is 2.93. The molecule has 3 aromatic rings. The minimum absolute atomic E-state index is 0.153. The average molecular weight is 306 g/mol. The van der Waals surface area contributed by atoms with Gasteiger partial charge in [-0.2, -0.15) is 0 Å². The molecule has 0 radical (unpaired) electrons. The van der Waals surface area contributed by atoms with Crippen molar-refractivity contribution in [1.82, 2.24) is 4.98 Å². The molecular weight excluding hydrogens is 296 g/mol. The number of carboxylic acids is 1. The highest BCUT2D eigenvalue weighted by molar-refractivity contribution is 7.92. The van der Waals surface area contributed by atoms with Crippen LogP contribution in [0.15, 0.2) is 52.1 Å². The molecule has 0 saturated carbocycles. The third kappa shape index (κ3) is 2.48. The number of nitrogens with one attached hydrogen (secondary N) is 2. The largest absolute Gasteiger partial charge is 0.477 e. The molecule has 108 valence electrons. The maximum absolute atomic E-state index is 12.2. The molecule has 2 heterocycles. The van der Waals surface area contributed by atoms with Crippen molar-refractivity contribution in [2.24, 2.45) is 0 Å². The molecule has 8 heteroatoms. The van der Waals surface area contributed by atoms with E-state index in [0.29, 0.717) is 11.3 Å². The Bertz CT molecular complexity index is 923. The van der Waals surface area contributed by atoms with Crippen LogP contribution in [0.1, 0.15) is 10.5 Å². The number of rotatable bonds is 4. The maximum Gasteiger partial charge on any atom is 0.352 e. The standard InChI is InChI=1S/C13H10N2O5S/c16-13(17)11-6-10(7-14-11)21(18,19)15-9-2-1-8-3-4-20-12(8)5-9/h1-7,14-15H,(H,16,17). The van der Waals surface area contributed by atoms with Crippen LogP contribution in [0, 0.1) is 0 Å². The number of fused-ring (bicyclic) bond motifs is 1. The van der Waals surface area contributed by atoms with Crippen LogP contribution in [-0.4, -0.2) is 24.5 Å². The fraction of sp³-hybridized carbons (Fsp3) is 0. The van der Waals surface area contributed by atoms with Crippen molar-refractivity contribution in [3.8, 4) is 0 Å². The molecule has 0 aliphatic rings. The highest BCUT2D eigenvalue weighted by atomic mass is 32.2. The van der Waals surface area contributed by atoms with E-state index < -0.39 is 16.0 Å². The second-order valence-electron chi connectivity index (χ2n) is 4.33. The SMILES string of the molecule is O=C(O)c1cc(S(=O)(=O)Nc2ccc3ccoc3c2)c[nH]1. The summed E-state index contributed by atoms with van der Waals surface area (Å²) in [7, 11) is -3.86.